The number of nitrogens with zero attached hydrogens (tertiary/aromatic N) is 1. The zero-order valence-electron chi connectivity index (χ0n) is 12.7. The lowest BCUT2D eigenvalue weighted by molar-refractivity contribution is -0.134. The molecule has 1 amide bonds. The average Bonchev–Trinajstić information content (AvgIpc) is 2.66. The van der Waals surface area contributed by atoms with Crippen molar-refractivity contribution in [3.63, 3.8) is 0 Å². The second kappa shape index (κ2) is 6.04. The van der Waals surface area contributed by atoms with Crippen molar-refractivity contribution in [2.45, 2.75) is 58.7 Å². The predicted molar refractivity (Wildman–Crippen MR) is 82.2 cm³/mol. The van der Waals surface area contributed by atoms with Crippen LogP contribution in [0.15, 0.2) is 0 Å². The summed E-state index contributed by atoms with van der Waals surface area (Å²) in [6.07, 6.45) is 3.61. The fourth-order valence-corrected chi connectivity index (χ4v) is 4.30. The number of carbonyl (C=O) groups excluding carboxylic acids is 1. The van der Waals surface area contributed by atoms with Gasteiger partial charge in [0.2, 0.25) is 5.91 Å². The maximum atomic E-state index is 12.7. The normalized spacial score (nSPS) is 33.4. The van der Waals surface area contributed by atoms with E-state index in [1.807, 2.05) is 11.8 Å². The lowest BCUT2D eigenvalue weighted by Gasteiger charge is -2.32. The quantitative estimate of drug-likeness (QED) is 0.861. The van der Waals surface area contributed by atoms with Crippen LogP contribution in [0.1, 0.15) is 47.0 Å². The molecule has 0 bridgehead atoms. The Morgan fingerprint density at radius 2 is 2.05 bits per heavy atom. The van der Waals surface area contributed by atoms with Crippen molar-refractivity contribution in [2.24, 2.45) is 11.8 Å². The first-order chi connectivity index (χ1) is 8.98. The minimum Gasteiger partial charge on any atom is -0.325 e. The standard InChI is InChI=1S/C15H28N2OS/c1-5-15(4)14(18)17(13(16-15)11(2)3)10-12-6-8-19-9-7-12/h11-13,16H,5-10H2,1-4H3. The first-order valence-corrected chi connectivity index (χ1v) is 8.80. The Balaban J connectivity index is 2.08. The molecule has 2 aliphatic rings. The van der Waals surface area contributed by atoms with E-state index in [0.29, 0.717) is 17.7 Å². The molecule has 2 heterocycles. The largest absolute Gasteiger partial charge is 0.325 e. The van der Waals surface area contributed by atoms with Gasteiger partial charge in [-0.3, -0.25) is 10.1 Å². The van der Waals surface area contributed by atoms with Crippen LogP contribution in [0.2, 0.25) is 0 Å². The van der Waals surface area contributed by atoms with Crippen LogP contribution in [-0.4, -0.2) is 40.6 Å². The Kier molecular flexibility index (Phi) is 4.83. The van der Waals surface area contributed by atoms with Crippen molar-refractivity contribution in [3.8, 4) is 0 Å². The van der Waals surface area contributed by atoms with E-state index in [1.165, 1.54) is 24.3 Å². The van der Waals surface area contributed by atoms with E-state index in [4.69, 9.17) is 0 Å². The molecule has 2 unspecified atom stereocenters. The summed E-state index contributed by atoms with van der Waals surface area (Å²) in [4.78, 5) is 14.8. The van der Waals surface area contributed by atoms with E-state index in [-0.39, 0.29) is 11.7 Å². The molecule has 4 heteroatoms. The Hall–Kier alpha value is -0.220. The molecule has 2 saturated heterocycles. The summed E-state index contributed by atoms with van der Waals surface area (Å²) in [6.45, 7) is 9.52. The average molecular weight is 284 g/mol. The van der Waals surface area contributed by atoms with Gasteiger partial charge < -0.3 is 4.90 Å². The van der Waals surface area contributed by atoms with Gasteiger partial charge in [-0.15, -0.1) is 0 Å². The number of thioether (sulfide) groups is 1. The minimum atomic E-state index is -0.349. The number of amides is 1. The van der Waals surface area contributed by atoms with Gasteiger partial charge in [0.15, 0.2) is 0 Å². The van der Waals surface area contributed by atoms with Crippen molar-refractivity contribution in [1.82, 2.24) is 10.2 Å². The van der Waals surface area contributed by atoms with Crippen LogP contribution in [0, 0.1) is 11.8 Å². The third kappa shape index (κ3) is 3.10. The topological polar surface area (TPSA) is 32.3 Å². The van der Waals surface area contributed by atoms with E-state index < -0.39 is 0 Å². The summed E-state index contributed by atoms with van der Waals surface area (Å²) in [5.41, 5.74) is -0.349. The summed E-state index contributed by atoms with van der Waals surface area (Å²) in [5.74, 6) is 4.00. The highest BCUT2D eigenvalue weighted by atomic mass is 32.2. The van der Waals surface area contributed by atoms with Crippen LogP contribution in [0.5, 0.6) is 0 Å². The van der Waals surface area contributed by atoms with Gasteiger partial charge in [-0.1, -0.05) is 20.8 Å². The molecule has 0 aliphatic carbocycles. The minimum absolute atomic E-state index is 0.215. The van der Waals surface area contributed by atoms with Crippen LogP contribution in [-0.2, 0) is 4.79 Å². The summed E-state index contributed by atoms with van der Waals surface area (Å²) in [5, 5.41) is 3.58. The van der Waals surface area contributed by atoms with Crippen LogP contribution in [0.3, 0.4) is 0 Å². The zero-order chi connectivity index (χ0) is 14.0. The molecule has 2 aliphatic heterocycles. The van der Waals surface area contributed by atoms with Gasteiger partial charge in [0.05, 0.1) is 11.7 Å². The highest BCUT2D eigenvalue weighted by Crippen LogP contribution is 2.31. The van der Waals surface area contributed by atoms with E-state index in [1.54, 1.807) is 0 Å². The highest BCUT2D eigenvalue weighted by molar-refractivity contribution is 7.99. The van der Waals surface area contributed by atoms with Crippen LogP contribution >= 0.6 is 11.8 Å². The number of nitrogens with one attached hydrogen (secondary N) is 1. The predicted octanol–water partition coefficient (Wildman–Crippen LogP) is 2.71. The fraction of sp³-hybridized carbons (Fsp3) is 0.933. The van der Waals surface area contributed by atoms with Gasteiger partial charge in [0, 0.05) is 6.54 Å². The Bertz CT molecular complexity index is 328. The van der Waals surface area contributed by atoms with E-state index in [2.05, 4.69) is 37.9 Å². The highest BCUT2D eigenvalue weighted by Gasteiger charge is 2.47. The van der Waals surface area contributed by atoms with E-state index in [9.17, 15) is 4.79 Å². The Morgan fingerprint density at radius 3 is 2.58 bits per heavy atom. The molecule has 2 fully saturated rings. The lowest BCUT2D eigenvalue weighted by atomic mass is 9.98. The van der Waals surface area contributed by atoms with E-state index in [0.717, 1.165) is 13.0 Å². The third-order valence-electron chi connectivity index (χ3n) is 4.67. The molecule has 3 nitrogen and oxygen atoms in total. The van der Waals surface area contributed by atoms with Gasteiger partial charge >= 0.3 is 0 Å². The fourth-order valence-electron chi connectivity index (χ4n) is 3.09. The Labute approximate surface area is 121 Å². The molecule has 1 N–H and O–H groups in total. The number of hydrogen-bond donors (Lipinski definition) is 1. The summed E-state index contributed by atoms with van der Waals surface area (Å²) < 4.78 is 0. The first kappa shape index (κ1) is 15.2. The van der Waals surface area contributed by atoms with Crippen molar-refractivity contribution < 1.29 is 4.79 Å². The van der Waals surface area contributed by atoms with Gasteiger partial charge in [-0.05, 0) is 49.5 Å². The molecule has 110 valence electrons. The second-order valence-corrected chi connectivity index (χ2v) is 7.76. The SMILES string of the molecule is CCC1(C)NC(C(C)C)N(CC2CCSCC2)C1=O. The third-order valence-corrected chi connectivity index (χ3v) is 5.72. The van der Waals surface area contributed by atoms with Gasteiger partial charge in [0.1, 0.15) is 0 Å². The summed E-state index contributed by atoms with van der Waals surface area (Å²) in [7, 11) is 0. The lowest BCUT2D eigenvalue weighted by Crippen LogP contribution is -2.45. The van der Waals surface area contributed by atoms with Crippen molar-refractivity contribution in [2.75, 3.05) is 18.1 Å². The van der Waals surface area contributed by atoms with Crippen molar-refractivity contribution in [1.29, 1.82) is 0 Å². The maximum Gasteiger partial charge on any atom is 0.243 e. The molecule has 2 atom stereocenters. The van der Waals surface area contributed by atoms with Gasteiger partial charge in [-0.25, -0.2) is 0 Å². The van der Waals surface area contributed by atoms with Crippen LogP contribution in [0.4, 0.5) is 0 Å². The van der Waals surface area contributed by atoms with Gasteiger partial charge in [0.25, 0.3) is 0 Å². The molecule has 0 aromatic carbocycles. The molecule has 0 aromatic heterocycles. The van der Waals surface area contributed by atoms with Gasteiger partial charge in [-0.2, -0.15) is 11.8 Å². The number of hydrogen-bond acceptors (Lipinski definition) is 3. The summed E-state index contributed by atoms with van der Waals surface area (Å²) in [6, 6.07) is 0. The zero-order valence-corrected chi connectivity index (χ0v) is 13.6. The molecule has 0 spiro atoms. The molecule has 0 radical (unpaired) electrons. The first-order valence-electron chi connectivity index (χ1n) is 7.64. The Morgan fingerprint density at radius 1 is 1.42 bits per heavy atom. The molecule has 2 rings (SSSR count). The number of rotatable bonds is 4. The van der Waals surface area contributed by atoms with Crippen LogP contribution in [0.25, 0.3) is 0 Å². The van der Waals surface area contributed by atoms with Crippen molar-refractivity contribution >= 4 is 17.7 Å². The molecular formula is C15H28N2OS. The van der Waals surface area contributed by atoms with Crippen molar-refractivity contribution in [3.05, 3.63) is 0 Å². The second-order valence-electron chi connectivity index (χ2n) is 6.53. The summed E-state index contributed by atoms with van der Waals surface area (Å²) >= 11 is 2.05. The molecule has 0 saturated carbocycles. The van der Waals surface area contributed by atoms with E-state index >= 15 is 0 Å². The number of carbonyl (C=O) groups is 1. The van der Waals surface area contributed by atoms with Crippen LogP contribution < -0.4 is 5.32 Å². The molecular weight excluding hydrogens is 256 g/mol. The molecule has 0 aromatic rings. The molecule has 19 heavy (non-hydrogen) atoms. The monoisotopic (exact) mass is 284 g/mol. The maximum absolute atomic E-state index is 12.7. The smallest absolute Gasteiger partial charge is 0.243 e.